The Kier molecular flexibility index (Phi) is 6.61. The van der Waals surface area contributed by atoms with Gasteiger partial charge in [0.15, 0.2) is 5.60 Å². The Morgan fingerprint density at radius 3 is 2.76 bits per heavy atom. The van der Waals surface area contributed by atoms with Crippen molar-refractivity contribution in [1.82, 2.24) is 15.3 Å². The van der Waals surface area contributed by atoms with Gasteiger partial charge in [-0.2, -0.15) is 0 Å². The highest BCUT2D eigenvalue weighted by atomic mass is 16.5. The molecule has 0 bridgehead atoms. The third kappa shape index (κ3) is 5.45. The molecule has 9 heteroatoms. The number of aromatic nitrogens is 2. The summed E-state index contributed by atoms with van der Waals surface area (Å²) in [7, 11) is 1.68. The van der Waals surface area contributed by atoms with Gasteiger partial charge < -0.3 is 24.8 Å². The number of amides is 2. The molecule has 2 aromatic heterocycles. The van der Waals surface area contributed by atoms with Crippen LogP contribution < -0.4 is 15.0 Å². The maximum Gasteiger partial charge on any atom is 0.270 e. The fourth-order valence-electron chi connectivity index (χ4n) is 4.11. The van der Waals surface area contributed by atoms with Gasteiger partial charge in [0.05, 0.1) is 19.4 Å². The number of benzene rings is 1. The third-order valence-corrected chi connectivity index (χ3v) is 6.29. The van der Waals surface area contributed by atoms with Crippen molar-refractivity contribution >= 4 is 17.5 Å². The summed E-state index contributed by atoms with van der Waals surface area (Å²) in [6, 6.07) is 11.7. The van der Waals surface area contributed by atoms with Crippen LogP contribution in [0.2, 0.25) is 0 Å². The molecule has 1 aromatic carbocycles. The van der Waals surface area contributed by atoms with E-state index in [0.717, 1.165) is 16.9 Å². The minimum atomic E-state index is -1.11. The number of nitrogens with zero attached hydrogens (tertiary/aromatic N) is 3. The predicted molar refractivity (Wildman–Crippen MR) is 135 cm³/mol. The Balaban J connectivity index is 1.28. The van der Waals surface area contributed by atoms with Crippen molar-refractivity contribution in [3.63, 3.8) is 0 Å². The summed E-state index contributed by atoms with van der Waals surface area (Å²) in [5.41, 5.74) is 2.29. The van der Waals surface area contributed by atoms with E-state index in [4.69, 9.17) is 9.47 Å². The molecule has 2 N–H and O–H groups in total. The van der Waals surface area contributed by atoms with Crippen molar-refractivity contribution in [3.8, 4) is 23.3 Å². The minimum absolute atomic E-state index is 0.144. The molecule has 0 radical (unpaired) electrons. The summed E-state index contributed by atoms with van der Waals surface area (Å²) in [6.07, 6.45) is 4.12. The fourth-order valence-corrected chi connectivity index (χ4v) is 4.11. The number of carbonyl (C=O) groups is 2. The number of rotatable bonds is 4. The molecule has 1 fully saturated rings. The number of carbonyl (C=O) groups excluding carboxylic acids is 2. The van der Waals surface area contributed by atoms with Crippen molar-refractivity contribution in [2.75, 3.05) is 25.2 Å². The first-order chi connectivity index (χ1) is 17.8. The van der Waals surface area contributed by atoms with Gasteiger partial charge >= 0.3 is 0 Å². The molecule has 2 amide bonds. The van der Waals surface area contributed by atoms with E-state index < -0.39 is 17.6 Å². The number of likely N-dealkylation sites (N-methyl/N-ethyl adjacent to an activating group) is 1. The first-order valence-corrected chi connectivity index (χ1v) is 11.9. The smallest absolute Gasteiger partial charge is 0.270 e. The molecule has 1 atom stereocenters. The number of anilines is 1. The summed E-state index contributed by atoms with van der Waals surface area (Å²) in [4.78, 5) is 36.2. The highest BCUT2D eigenvalue weighted by Crippen LogP contribution is 2.28. The van der Waals surface area contributed by atoms with E-state index in [-0.39, 0.29) is 24.8 Å². The molecule has 188 valence electrons. The Morgan fingerprint density at radius 2 is 2.03 bits per heavy atom. The van der Waals surface area contributed by atoms with Crippen LogP contribution >= 0.6 is 0 Å². The first-order valence-electron chi connectivity index (χ1n) is 11.9. The van der Waals surface area contributed by atoms with Gasteiger partial charge in [0.25, 0.3) is 5.91 Å². The van der Waals surface area contributed by atoms with Crippen molar-refractivity contribution in [3.05, 3.63) is 77.4 Å². The molecule has 0 spiro atoms. The molecule has 2 aliphatic rings. The normalized spacial score (nSPS) is 18.0. The van der Waals surface area contributed by atoms with Gasteiger partial charge in [-0.25, -0.2) is 0 Å². The van der Waals surface area contributed by atoms with Crippen LogP contribution in [0.3, 0.4) is 0 Å². The number of pyridine rings is 2. The zero-order valence-corrected chi connectivity index (χ0v) is 20.5. The number of hydrogen-bond donors (Lipinski definition) is 2. The van der Waals surface area contributed by atoms with Crippen LogP contribution in [0.15, 0.2) is 54.9 Å². The van der Waals surface area contributed by atoms with Crippen molar-refractivity contribution < 1.29 is 24.2 Å². The number of nitrogens with one attached hydrogen (secondary N) is 1. The average Bonchev–Trinajstić information content (AvgIpc) is 3.00. The zero-order valence-electron chi connectivity index (χ0n) is 20.5. The highest BCUT2D eigenvalue weighted by Gasteiger charge is 2.34. The van der Waals surface area contributed by atoms with E-state index in [1.165, 1.54) is 17.2 Å². The maximum atomic E-state index is 13.3. The lowest BCUT2D eigenvalue weighted by molar-refractivity contribution is -0.140. The van der Waals surface area contributed by atoms with E-state index in [2.05, 4.69) is 27.1 Å². The predicted octanol–water partition coefficient (Wildman–Crippen LogP) is 2.40. The van der Waals surface area contributed by atoms with E-state index in [9.17, 15) is 14.7 Å². The van der Waals surface area contributed by atoms with Crippen LogP contribution in [0.4, 0.5) is 5.69 Å². The van der Waals surface area contributed by atoms with Gasteiger partial charge in [-0.1, -0.05) is 17.9 Å². The average molecular weight is 499 g/mol. The molecule has 5 rings (SSSR count). The largest absolute Gasteiger partial charge is 0.456 e. The number of ether oxygens (including phenoxy) is 2. The minimum Gasteiger partial charge on any atom is -0.456 e. The van der Waals surface area contributed by atoms with Gasteiger partial charge in [-0.3, -0.25) is 19.6 Å². The Labute approximate surface area is 214 Å². The molecule has 0 saturated carbocycles. The Bertz CT molecular complexity index is 1410. The van der Waals surface area contributed by atoms with Gasteiger partial charge in [0.2, 0.25) is 5.91 Å². The van der Waals surface area contributed by atoms with Crippen LogP contribution in [0.1, 0.15) is 33.7 Å². The van der Waals surface area contributed by atoms with Gasteiger partial charge in [0, 0.05) is 36.3 Å². The zero-order chi connectivity index (χ0) is 26.0. The highest BCUT2D eigenvalue weighted by molar-refractivity contribution is 6.02. The van der Waals surface area contributed by atoms with Crippen LogP contribution in [0.5, 0.6) is 11.5 Å². The quantitative estimate of drug-likeness (QED) is 0.531. The second-order valence-corrected chi connectivity index (χ2v) is 9.19. The van der Waals surface area contributed by atoms with Crippen molar-refractivity contribution in [2.45, 2.75) is 31.4 Å². The van der Waals surface area contributed by atoms with Crippen LogP contribution in [-0.4, -0.2) is 58.8 Å². The maximum absolute atomic E-state index is 13.3. The molecular formula is C28H26N4O5. The lowest BCUT2D eigenvalue weighted by Crippen LogP contribution is -2.48. The summed E-state index contributed by atoms with van der Waals surface area (Å²) >= 11 is 0. The monoisotopic (exact) mass is 498 g/mol. The second-order valence-electron chi connectivity index (χ2n) is 9.19. The van der Waals surface area contributed by atoms with Gasteiger partial charge in [-0.15, -0.1) is 0 Å². The van der Waals surface area contributed by atoms with Crippen molar-refractivity contribution in [2.24, 2.45) is 0 Å². The summed E-state index contributed by atoms with van der Waals surface area (Å²) in [6.45, 7) is 2.27. The van der Waals surface area contributed by atoms with E-state index in [1.807, 2.05) is 31.2 Å². The Hall–Kier alpha value is -4.26. The summed E-state index contributed by atoms with van der Waals surface area (Å²) < 4.78 is 10.8. The van der Waals surface area contributed by atoms with Crippen LogP contribution in [0.25, 0.3) is 0 Å². The second kappa shape index (κ2) is 10.0. The number of fused-ring (bicyclic) bond motifs is 1. The van der Waals surface area contributed by atoms with Crippen LogP contribution in [0, 0.1) is 18.8 Å². The van der Waals surface area contributed by atoms with Crippen molar-refractivity contribution in [1.29, 1.82) is 0 Å². The first kappa shape index (κ1) is 24.4. The molecule has 0 aliphatic carbocycles. The standard InChI is InChI=1S/C28H26N4O5/c1-18-3-7-22(15-30-18)37-21-10-12-29-24(14-21)26(33)31-23-8-6-20-5-4-19(9-11-28(35)16-36-17-28)13-25(20)32(2)27(23)34/h3-5,7,10,12-15,23,35H,6,8,16-17H2,1-2H3,(H,31,33). The summed E-state index contributed by atoms with van der Waals surface area (Å²) in [5, 5.41) is 13.0. The topological polar surface area (TPSA) is 114 Å². The lowest BCUT2D eigenvalue weighted by Gasteiger charge is -2.30. The third-order valence-electron chi connectivity index (χ3n) is 6.29. The van der Waals surface area contributed by atoms with Gasteiger partial charge in [0.1, 0.15) is 23.2 Å². The molecule has 2 aliphatic heterocycles. The molecule has 1 saturated heterocycles. The van der Waals surface area contributed by atoms with E-state index >= 15 is 0 Å². The molecule has 3 aromatic rings. The summed E-state index contributed by atoms with van der Waals surface area (Å²) in [5.74, 6) is 6.09. The van der Waals surface area contributed by atoms with Crippen LogP contribution in [-0.2, 0) is 16.0 Å². The van der Waals surface area contributed by atoms with E-state index in [0.29, 0.717) is 29.9 Å². The molecule has 9 nitrogen and oxygen atoms in total. The number of hydrogen-bond acceptors (Lipinski definition) is 7. The van der Waals surface area contributed by atoms with Gasteiger partial charge in [-0.05, 0) is 55.7 Å². The molecule has 4 heterocycles. The SMILES string of the molecule is Cc1ccc(Oc2ccnc(C(=O)NC3CCc4ccc(C#CC5(O)COC5)cc4N(C)C3=O)c2)cn1. The van der Waals surface area contributed by atoms with E-state index in [1.54, 1.807) is 25.4 Å². The fraction of sp³-hybridized carbons (Fsp3) is 0.286. The number of aryl methyl sites for hydroxylation is 2. The Morgan fingerprint density at radius 1 is 1.19 bits per heavy atom. The molecule has 37 heavy (non-hydrogen) atoms. The number of aliphatic hydroxyl groups is 1. The lowest BCUT2D eigenvalue weighted by atomic mass is 10.0. The molecule has 1 unspecified atom stereocenters. The molecular weight excluding hydrogens is 472 g/mol.